The molecule has 6 heteroatoms. The molecule has 0 radical (unpaired) electrons. The Kier molecular flexibility index (Phi) is 4.67. The number of carbonyl (C=O) groups is 1. The molecule has 0 unspecified atom stereocenters. The number of fused-ring (bicyclic) bond motifs is 1. The standard InChI is InChI=1S/C18H17N3O3/c1-24-18(23)13-8-6-12(7-9-13)16-14-4-2-3-5-15(14)17(21-20-16)19-10-11-22/h2-9,22H,10-11H2,1H3,(H,19,21). The summed E-state index contributed by atoms with van der Waals surface area (Å²) in [5.41, 5.74) is 2.08. The highest BCUT2D eigenvalue weighted by molar-refractivity contribution is 6.00. The molecule has 0 aliphatic heterocycles. The topological polar surface area (TPSA) is 84.3 Å². The van der Waals surface area contributed by atoms with Crippen LogP contribution in [0.4, 0.5) is 5.82 Å². The summed E-state index contributed by atoms with van der Waals surface area (Å²) in [5.74, 6) is 0.260. The minimum absolute atomic E-state index is 0.0206. The molecule has 2 N–H and O–H groups in total. The normalized spacial score (nSPS) is 10.6. The third-order valence-corrected chi connectivity index (χ3v) is 3.67. The summed E-state index contributed by atoms with van der Waals surface area (Å²) < 4.78 is 4.71. The van der Waals surface area contributed by atoms with Crippen LogP contribution in [0.2, 0.25) is 0 Å². The van der Waals surface area contributed by atoms with Gasteiger partial charge in [-0.3, -0.25) is 0 Å². The van der Waals surface area contributed by atoms with Crippen molar-refractivity contribution >= 4 is 22.6 Å². The van der Waals surface area contributed by atoms with Gasteiger partial charge in [-0.1, -0.05) is 36.4 Å². The summed E-state index contributed by atoms with van der Waals surface area (Å²) in [6.45, 7) is 0.429. The van der Waals surface area contributed by atoms with E-state index in [0.29, 0.717) is 17.9 Å². The van der Waals surface area contributed by atoms with Gasteiger partial charge in [0, 0.05) is 22.9 Å². The lowest BCUT2D eigenvalue weighted by molar-refractivity contribution is 0.0601. The Hall–Kier alpha value is -2.99. The second-order valence-corrected chi connectivity index (χ2v) is 5.16. The fraction of sp³-hybridized carbons (Fsp3) is 0.167. The van der Waals surface area contributed by atoms with Crippen LogP contribution in [0.1, 0.15) is 10.4 Å². The largest absolute Gasteiger partial charge is 0.465 e. The average molecular weight is 323 g/mol. The smallest absolute Gasteiger partial charge is 0.337 e. The van der Waals surface area contributed by atoms with Crippen LogP contribution in [-0.2, 0) is 4.74 Å². The molecule has 3 aromatic rings. The van der Waals surface area contributed by atoms with E-state index >= 15 is 0 Å². The third-order valence-electron chi connectivity index (χ3n) is 3.67. The number of aliphatic hydroxyl groups is 1. The first kappa shape index (κ1) is 15.9. The summed E-state index contributed by atoms with van der Waals surface area (Å²) in [4.78, 5) is 11.5. The average Bonchev–Trinajstić information content (AvgIpc) is 2.65. The molecule has 24 heavy (non-hydrogen) atoms. The number of hydrogen-bond donors (Lipinski definition) is 2. The molecule has 0 spiro atoms. The highest BCUT2D eigenvalue weighted by atomic mass is 16.5. The van der Waals surface area contributed by atoms with Gasteiger partial charge in [0.2, 0.25) is 0 Å². The van der Waals surface area contributed by atoms with Crippen LogP contribution in [0, 0.1) is 0 Å². The molecule has 0 atom stereocenters. The van der Waals surface area contributed by atoms with Crippen molar-refractivity contribution in [1.29, 1.82) is 0 Å². The molecule has 0 amide bonds. The molecule has 0 saturated heterocycles. The Morgan fingerprint density at radius 1 is 1.08 bits per heavy atom. The van der Waals surface area contributed by atoms with Crippen molar-refractivity contribution in [3.05, 3.63) is 54.1 Å². The zero-order valence-electron chi connectivity index (χ0n) is 13.2. The van der Waals surface area contributed by atoms with Crippen LogP contribution in [0.15, 0.2) is 48.5 Å². The van der Waals surface area contributed by atoms with E-state index in [0.717, 1.165) is 22.0 Å². The number of methoxy groups -OCH3 is 1. The van der Waals surface area contributed by atoms with Gasteiger partial charge in [-0.05, 0) is 12.1 Å². The molecular weight excluding hydrogens is 306 g/mol. The second-order valence-electron chi connectivity index (χ2n) is 5.16. The van der Waals surface area contributed by atoms with Gasteiger partial charge in [0.05, 0.1) is 19.3 Å². The van der Waals surface area contributed by atoms with Crippen molar-refractivity contribution in [3.8, 4) is 11.3 Å². The Bertz CT molecular complexity index is 863. The van der Waals surface area contributed by atoms with Gasteiger partial charge in [-0.15, -0.1) is 10.2 Å². The van der Waals surface area contributed by atoms with Crippen LogP contribution >= 0.6 is 0 Å². The first-order valence-electron chi connectivity index (χ1n) is 7.53. The number of ether oxygens (including phenoxy) is 1. The number of aromatic nitrogens is 2. The minimum atomic E-state index is -0.374. The first-order chi connectivity index (χ1) is 11.7. The number of rotatable bonds is 5. The van der Waals surface area contributed by atoms with Crippen LogP contribution in [0.5, 0.6) is 0 Å². The van der Waals surface area contributed by atoms with E-state index in [1.165, 1.54) is 7.11 Å². The molecule has 0 aliphatic carbocycles. The van der Waals surface area contributed by atoms with Gasteiger partial charge in [-0.2, -0.15) is 0 Å². The first-order valence-corrected chi connectivity index (χ1v) is 7.53. The third kappa shape index (κ3) is 3.04. The lowest BCUT2D eigenvalue weighted by Crippen LogP contribution is -2.08. The highest BCUT2D eigenvalue weighted by Crippen LogP contribution is 2.29. The van der Waals surface area contributed by atoms with Gasteiger partial charge in [0.25, 0.3) is 0 Å². The van der Waals surface area contributed by atoms with Crippen LogP contribution < -0.4 is 5.32 Å². The summed E-state index contributed by atoms with van der Waals surface area (Å²) in [7, 11) is 1.35. The molecule has 0 bridgehead atoms. The SMILES string of the molecule is COC(=O)c1ccc(-c2nnc(NCCO)c3ccccc23)cc1. The maximum atomic E-state index is 11.5. The van der Waals surface area contributed by atoms with Crippen LogP contribution in [0.25, 0.3) is 22.0 Å². The monoisotopic (exact) mass is 323 g/mol. The Labute approximate surface area is 139 Å². The van der Waals surface area contributed by atoms with E-state index in [9.17, 15) is 4.79 Å². The number of nitrogens with one attached hydrogen (secondary N) is 1. The van der Waals surface area contributed by atoms with Crippen molar-refractivity contribution in [2.45, 2.75) is 0 Å². The van der Waals surface area contributed by atoms with Gasteiger partial charge >= 0.3 is 5.97 Å². The Balaban J connectivity index is 2.05. The number of aliphatic hydroxyl groups excluding tert-OH is 1. The van der Waals surface area contributed by atoms with Gasteiger partial charge < -0.3 is 15.2 Å². The summed E-state index contributed by atoms with van der Waals surface area (Å²) >= 11 is 0. The Morgan fingerprint density at radius 2 is 1.79 bits per heavy atom. The number of esters is 1. The van der Waals surface area contributed by atoms with E-state index in [1.54, 1.807) is 12.1 Å². The van der Waals surface area contributed by atoms with Crippen molar-refractivity contribution in [2.24, 2.45) is 0 Å². The lowest BCUT2D eigenvalue weighted by Gasteiger charge is -2.10. The summed E-state index contributed by atoms with van der Waals surface area (Å²) in [6, 6.07) is 14.8. The van der Waals surface area contributed by atoms with E-state index in [2.05, 4.69) is 15.5 Å². The molecule has 6 nitrogen and oxygen atoms in total. The highest BCUT2D eigenvalue weighted by Gasteiger charge is 2.11. The molecule has 1 aromatic heterocycles. The minimum Gasteiger partial charge on any atom is -0.465 e. The van der Waals surface area contributed by atoms with Crippen molar-refractivity contribution in [2.75, 3.05) is 25.6 Å². The number of hydrogen-bond acceptors (Lipinski definition) is 6. The van der Waals surface area contributed by atoms with Gasteiger partial charge in [0.1, 0.15) is 5.69 Å². The molecule has 0 fully saturated rings. The molecule has 3 rings (SSSR count). The molecule has 0 saturated carbocycles. The fourth-order valence-corrected chi connectivity index (χ4v) is 2.50. The predicted molar refractivity (Wildman–Crippen MR) is 91.9 cm³/mol. The Morgan fingerprint density at radius 3 is 2.46 bits per heavy atom. The van der Waals surface area contributed by atoms with Gasteiger partial charge in [0.15, 0.2) is 5.82 Å². The maximum Gasteiger partial charge on any atom is 0.337 e. The number of anilines is 1. The van der Waals surface area contributed by atoms with E-state index in [-0.39, 0.29) is 12.6 Å². The lowest BCUT2D eigenvalue weighted by atomic mass is 10.0. The summed E-state index contributed by atoms with van der Waals surface area (Å²) in [5, 5.41) is 22.5. The molecule has 2 aromatic carbocycles. The van der Waals surface area contributed by atoms with Crippen LogP contribution in [-0.4, -0.2) is 41.5 Å². The predicted octanol–water partition coefficient (Wildman–Crippen LogP) is 2.49. The van der Waals surface area contributed by atoms with E-state index < -0.39 is 0 Å². The second kappa shape index (κ2) is 7.06. The zero-order chi connectivity index (χ0) is 16.9. The zero-order valence-corrected chi connectivity index (χ0v) is 13.2. The van der Waals surface area contributed by atoms with Crippen molar-refractivity contribution < 1.29 is 14.6 Å². The number of nitrogens with zero attached hydrogens (tertiary/aromatic N) is 2. The van der Waals surface area contributed by atoms with E-state index in [4.69, 9.17) is 9.84 Å². The number of benzene rings is 2. The van der Waals surface area contributed by atoms with Gasteiger partial charge in [-0.25, -0.2) is 4.79 Å². The molecule has 0 aliphatic rings. The molecular formula is C18H17N3O3. The quantitative estimate of drug-likeness (QED) is 0.702. The van der Waals surface area contributed by atoms with Crippen LogP contribution in [0.3, 0.4) is 0 Å². The molecule has 122 valence electrons. The van der Waals surface area contributed by atoms with Crippen molar-refractivity contribution in [3.63, 3.8) is 0 Å². The fourth-order valence-electron chi connectivity index (χ4n) is 2.50. The molecule has 1 heterocycles. The van der Waals surface area contributed by atoms with E-state index in [1.807, 2.05) is 36.4 Å². The maximum absolute atomic E-state index is 11.5. The summed E-state index contributed by atoms with van der Waals surface area (Å²) in [6.07, 6.45) is 0. The number of carbonyl (C=O) groups excluding carboxylic acids is 1. The van der Waals surface area contributed by atoms with Crippen molar-refractivity contribution in [1.82, 2.24) is 10.2 Å².